The lowest BCUT2D eigenvalue weighted by atomic mass is 9.96. The normalized spacial score (nSPS) is 24.5. The molecule has 22 heavy (non-hydrogen) atoms. The molecule has 2 unspecified atom stereocenters. The minimum absolute atomic E-state index is 0.0575. The van der Waals surface area contributed by atoms with Crippen LogP contribution < -0.4 is 5.73 Å². The van der Waals surface area contributed by atoms with Crippen LogP contribution in [0.15, 0.2) is 23.1 Å². The van der Waals surface area contributed by atoms with Crippen LogP contribution in [-0.4, -0.2) is 31.9 Å². The van der Waals surface area contributed by atoms with E-state index in [4.69, 9.17) is 17.3 Å². The van der Waals surface area contributed by atoms with Crippen LogP contribution >= 0.6 is 11.6 Å². The van der Waals surface area contributed by atoms with Crippen molar-refractivity contribution >= 4 is 21.6 Å². The molecule has 4 nitrogen and oxygen atoms in total. The van der Waals surface area contributed by atoms with E-state index >= 15 is 0 Å². The Kier molecular flexibility index (Phi) is 4.77. The largest absolute Gasteiger partial charge is 0.417 e. The van der Waals surface area contributed by atoms with Crippen molar-refractivity contribution in [3.05, 3.63) is 28.8 Å². The Balaban J connectivity index is 2.38. The molecule has 1 aliphatic heterocycles. The van der Waals surface area contributed by atoms with Gasteiger partial charge in [0.05, 0.1) is 15.5 Å². The van der Waals surface area contributed by atoms with Crippen molar-refractivity contribution in [1.29, 1.82) is 0 Å². The molecule has 1 aromatic carbocycles. The van der Waals surface area contributed by atoms with E-state index in [9.17, 15) is 21.6 Å². The number of nitrogens with two attached hydrogens (primary N) is 1. The molecule has 1 aromatic rings. The summed E-state index contributed by atoms with van der Waals surface area (Å²) < 4.78 is 64.8. The predicted molar refractivity (Wildman–Crippen MR) is 77.0 cm³/mol. The van der Waals surface area contributed by atoms with Crippen molar-refractivity contribution in [1.82, 2.24) is 4.31 Å². The van der Waals surface area contributed by atoms with Gasteiger partial charge in [-0.2, -0.15) is 17.5 Å². The van der Waals surface area contributed by atoms with Crippen molar-refractivity contribution in [3.63, 3.8) is 0 Å². The number of hydrogen-bond donors (Lipinski definition) is 1. The third-order valence-corrected chi connectivity index (χ3v) is 6.01. The number of piperidine rings is 1. The van der Waals surface area contributed by atoms with Gasteiger partial charge in [-0.05, 0) is 30.5 Å². The van der Waals surface area contributed by atoms with Crippen molar-refractivity contribution in [3.8, 4) is 0 Å². The van der Waals surface area contributed by atoms with Gasteiger partial charge in [0.25, 0.3) is 0 Å². The predicted octanol–water partition coefficient (Wildman–Crippen LogP) is 2.72. The van der Waals surface area contributed by atoms with Gasteiger partial charge in [0.2, 0.25) is 10.0 Å². The maximum atomic E-state index is 12.9. The van der Waals surface area contributed by atoms with Crippen LogP contribution in [0.4, 0.5) is 13.2 Å². The quantitative estimate of drug-likeness (QED) is 0.886. The first kappa shape index (κ1) is 17.5. The average molecular weight is 357 g/mol. The molecule has 1 saturated heterocycles. The molecule has 0 aliphatic carbocycles. The minimum Gasteiger partial charge on any atom is -0.327 e. The van der Waals surface area contributed by atoms with Crippen LogP contribution in [0.5, 0.6) is 0 Å². The summed E-state index contributed by atoms with van der Waals surface area (Å²) in [5.74, 6) is -0.0575. The molecule has 0 radical (unpaired) electrons. The number of benzene rings is 1. The standard InChI is InChI=1S/C13H16ClF3N2O2S/c1-8-7-19(5-4-12(8)18)22(20,21)9-2-3-11(14)10(6-9)13(15,16)17/h2-3,6,8,12H,4-5,7,18H2,1H3. The molecule has 0 amide bonds. The zero-order chi connectivity index (χ0) is 16.7. The Morgan fingerprint density at radius 2 is 2.00 bits per heavy atom. The van der Waals surface area contributed by atoms with E-state index in [0.717, 1.165) is 12.1 Å². The van der Waals surface area contributed by atoms with Gasteiger partial charge in [0.1, 0.15) is 0 Å². The molecule has 1 fully saturated rings. The van der Waals surface area contributed by atoms with E-state index in [2.05, 4.69) is 0 Å². The highest BCUT2D eigenvalue weighted by molar-refractivity contribution is 7.89. The monoisotopic (exact) mass is 356 g/mol. The van der Waals surface area contributed by atoms with Crippen LogP contribution in [0.1, 0.15) is 18.9 Å². The van der Waals surface area contributed by atoms with Gasteiger partial charge in [-0.25, -0.2) is 8.42 Å². The summed E-state index contributed by atoms with van der Waals surface area (Å²) in [6.45, 7) is 2.20. The lowest BCUT2D eigenvalue weighted by molar-refractivity contribution is -0.137. The average Bonchev–Trinajstić information content (AvgIpc) is 2.40. The first-order valence-corrected chi connectivity index (χ1v) is 8.47. The molecular weight excluding hydrogens is 341 g/mol. The van der Waals surface area contributed by atoms with Crippen LogP contribution in [-0.2, 0) is 16.2 Å². The van der Waals surface area contributed by atoms with E-state index in [1.165, 1.54) is 4.31 Å². The van der Waals surface area contributed by atoms with E-state index in [1.807, 2.05) is 6.92 Å². The second kappa shape index (κ2) is 5.99. The molecule has 0 saturated carbocycles. The highest BCUT2D eigenvalue weighted by atomic mass is 35.5. The maximum absolute atomic E-state index is 12.9. The Hall–Kier alpha value is -0.830. The number of hydrogen-bond acceptors (Lipinski definition) is 3. The molecule has 1 heterocycles. The second-order valence-electron chi connectivity index (χ2n) is 5.43. The Bertz CT molecular complexity index is 664. The number of sulfonamides is 1. The summed E-state index contributed by atoms with van der Waals surface area (Å²) in [6.07, 6.45) is -4.24. The lowest BCUT2D eigenvalue weighted by Crippen LogP contribution is -2.48. The molecule has 124 valence electrons. The molecular formula is C13H16ClF3N2O2S. The minimum atomic E-state index is -4.71. The summed E-state index contributed by atoms with van der Waals surface area (Å²) in [4.78, 5) is -0.410. The number of halogens is 4. The zero-order valence-corrected chi connectivity index (χ0v) is 13.3. The third kappa shape index (κ3) is 3.40. The smallest absolute Gasteiger partial charge is 0.327 e. The Labute approximate surface area is 132 Å². The topological polar surface area (TPSA) is 63.4 Å². The van der Waals surface area contributed by atoms with Crippen LogP contribution in [0.2, 0.25) is 5.02 Å². The first-order valence-electron chi connectivity index (χ1n) is 6.66. The number of nitrogens with zero attached hydrogens (tertiary/aromatic N) is 1. The lowest BCUT2D eigenvalue weighted by Gasteiger charge is -2.34. The van der Waals surface area contributed by atoms with E-state index in [1.54, 1.807) is 0 Å². The van der Waals surface area contributed by atoms with E-state index < -0.39 is 31.7 Å². The highest BCUT2D eigenvalue weighted by Gasteiger charge is 2.37. The zero-order valence-electron chi connectivity index (χ0n) is 11.8. The molecule has 0 spiro atoms. The third-order valence-electron chi connectivity index (χ3n) is 3.82. The molecule has 1 aliphatic rings. The SMILES string of the molecule is CC1CN(S(=O)(=O)c2ccc(Cl)c(C(F)(F)F)c2)CCC1N. The molecule has 0 aromatic heterocycles. The summed E-state index contributed by atoms with van der Waals surface area (Å²) in [7, 11) is -4.00. The summed E-state index contributed by atoms with van der Waals surface area (Å²) >= 11 is 5.51. The van der Waals surface area contributed by atoms with Gasteiger partial charge in [-0.3, -0.25) is 0 Å². The number of alkyl halides is 3. The fraction of sp³-hybridized carbons (Fsp3) is 0.538. The summed E-state index contributed by atoms with van der Waals surface area (Å²) in [5.41, 5.74) is 4.68. The van der Waals surface area contributed by atoms with Gasteiger partial charge in [0, 0.05) is 19.1 Å². The fourth-order valence-electron chi connectivity index (χ4n) is 2.37. The Morgan fingerprint density at radius 1 is 1.36 bits per heavy atom. The Morgan fingerprint density at radius 3 is 2.55 bits per heavy atom. The fourth-order valence-corrected chi connectivity index (χ4v) is 4.18. The second-order valence-corrected chi connectivity index (χ2v) is 7.78. The van der Waals surface area contributed by atoms with Gasteiger partial charge in [-0.1, -0.05) is 18.5 Å². The molecule has 2 rings (SSSR count). The van der Waals surface area contributed by atoms with Gasteiger partial charge in [-0.15, -0.1) is 0 Å². The molecule has 0 bridgehead atoms. The summed E-state index contributed by atoms with van der Waals surface area (Å²) in [5, 5.41) is -0.527. The van der Waals surface area contributed by atoms with E-state index in [0.29, 0.717) is 12.5 Å². The van der Waals surface area contributed by atoms with E-state index in [-0.39, 0.29) is 25.0 Å². The van der Waals surface area contributed by atoms with Gasteiger partial charge < -0.3 is 5.73 Å². The number of rotatable bonds is 2. The first-order chi connectivity index (χ1) is 10.0. The summed E-state index contributed by atoms with van der Waals surface area (Å²) in [6, 6.07) is 2.52. The van der Waals surface area contributed by atoms with Crippen molar-refractivity contribution < 1.29 is 21.6 Å². The van der Waals surface area contributed by atoms with Crippen LogP contribution in [0, 0.1) is 5.92 Å². The molecule has 2 N–H and O–H groups in total. The van der Waals surface area contributed by atoms with Gasteiger partial charge in [0.15, 0.2) is 0 Å². The van der Waals surface area contributed by atoms with Gasteiger partial charge >= 0.3 is 6.18 Å². The highest BCUT2D eigenvalue weighted by Crippen LogP contribution is 2.36. The van der Waals surface area contributed by atoms with Crippen molar-refractivity contribution in [2.45, 2.75) is 30.5 Å². The van der Waals surface area contributed by atoms with Crippen LogP contribution in [0.3, 0.4) is 0 Å². The molecule has 9 heteroatoms. The maximum Gasteiger partial charge on any atom is 0.417 e. The van der Waals surface area contributed by atoms with Crippen LogP contribution in [0.25, 0.3) is 0 Å². The molecule has 2 atom stereocenters. The van der Waals surface area contributed by atoms with Crippen molar-refractivity contribution in [2.24, 2.45) is 11.7 Å². The van der Waals surface area contributed by atoms with Crippen molar-refractivity contribution in [2.75, 3.05) is 13.1 Å².